The summed E-state index contributed by atoms with van der Waals surface area (Å²) in [7, 11) is -7.84. The summed E-state index contributed by atoms with van der Waals surface area (Å²) in [5.41, 5.74) is 0.0575. The fourth-order valence-electron chi connectivity index (χ4n) is 4.53. The van der Waals surface area contributed by atoms with E-state index < -0.39 is 43.2 Å². The van der Waals surface area contributed by atoms with Crippen molar-refractivity contribution in [2.24, 2.45) is 5.41 Å². The molecule has 1 amide bonds. The Morgan fingerprint density at radius 1 is 1.17 bits per heavy atom. The van der Waals surface area contributed by atoms with E-state index in [4.69, 9.17) is 4.74 Å². The number of benzene rings is 1. The monoisotopic (exact) mass is 529 g/mol. The van der Waals surface area contributed by atoms with Gasteiger partial charge < -0.3 is 9.84 Å². The van der Waals surface area contributed by atoms with Crippen LogP contribution in [0.4, 0.5) is 0 Å². The van der Waals surface area contributed by atoms with Gasteiger partial charge in [0.2, 0.25) is 0 Å². The molecule has 1 aromatic carbocycles. The largest absolute Gasteiger partial charge is 0.481 e. The molecule has 2 heterocycles. The minimum Gasteiger partial charge on any atom is -0.481 e. The number of sulfone groups is 1. The molecule has 2 aliphatic rings. The van der Waals surface area contributed by atoms with Crippen molar-refractivity contribution in [1.29, 1.82) is 0 Å². The lowest BCUT2D eigenvalue weighted by Gasteiger charge is -2.40. The first-order chi connectivity index (χ1) is 16.6. The molecule has 0 radical (unpaired) electrons. The third kappa shape index (κ3) is 5.96. The van der Waals surface area contributed by atoms with Crippen LogP contribution in [-0.2, 0) is 24.8 Å². The molecule has 1 atom stereocenters. The number of hydroxylamine groups is 1. The molecule has 194 valence electrons. The third-order valence-corrected chi connectivity index (χ3v) is 10.6. The lowest BCUT2D eigenvalue weighted by atomic mass is 9.80. The maximum atomic E-state index is 13.2. The Hall–Kier alpha value is -2.21. The van der Waals surface area contributed by atoms with Gasteiger partial charge in [0.05, 0.1) is 22.7 Å². The molecule has 0 spiro atoms. The molecule has 2 aliphatic heterocycles. The molecule has 13 heteroatoms. The molecule has 35 heavy (non-hydrogen) atoms. The Morgan fingerprint density at radius 3 is 2.40 bits per heavy atom. The second-order valence-corrected chi connectivity index (χ2v) is 12.5. The fourth-order valence-corrected chi connectivity index (χ4v) is 8.24. The van der Waals surface area contributed by atoms with Gasteiger partial charge in [0.1, 0.15) is 12.4 Å². The smallest absolute Gasteiger partial charge is 0.282 e. The quantitative estimate of drug-likeness (QED) is 0.232. The highest BCUT2D eigenvalue weighted by atomic mass is 32.2. The Labute approximate surface area is 206 Å². The molecule has 3 rings (SSSR count). The number of nitrogens with one attached hydrogen (secondary N) is 1. The lowest BCUT2D eigenvalue weighted by molar-refractivity contribution is -0.140. The Morgan fingerprint density at radius 2 is 1.83 bits per heavy atom. The van der Waals surface area contributed by atoms with Crippen molar-refractivity contribution < 1.29 is 36.7 Å². The van der Waals surface area contributed by atoms with Crippen LogP contribution in [0.15, 0.2) is 29.2 Å². The van der Waals surface area contributed by atoms with Gasteiger partial charge in [-0.05, 0) is 56.9 Å². The number of aliphatic hydroxyl groups excluding tert-OH is 1. The number of aliphatic hydroxyl groups is 1. The van der Waals surface area contributed by atoms with Gasteiger partial charge in [0.15, 0.2) is 9.84 Å². The van der Waals surface area contributed by atoms with Gasteiger partial charge in [-0.2, -0.15) is 17.0 Å². The highest BCUT2D eigenvalue weighted by Gasteiger charge is 2.48. The van der Waals surface area contributed by atoms with E-state index in [-0.39, 0.29) is 44.0 Å². The zero-order valence-electron chi connectivity index (χ0n) is 19.5. The van der Waals surface area contributed by atoms with Crippen LogP contribution in [0.1, 0.15) is 32.6 Å². The zero-order valence-corrected chi connectivity index (χ0v) is 21.1. The summed E-state index contributed by atoms with van der Waals surface area (Å²) in [6.45, 7) is 1.67. The molecule has 2 fully saturated rings. The maximum absolute atomic E-state index is 13.2. The fraction of sp³-hybridized carbons (Fsp3) is 0.591. The van der Waals surface area contributed by atoms with E-state index in [0.717, 1.165) is 0 Å². The molecule has 0 unspecified atom stereocenters. The van der Waals surface area contributed by atoms with Crippen LogP contribution in [0, 0.1) is 17.3 Å². The molecule has 11 nitrogen and oxygen atoms in total. The first-order valence-electron chi connectivity index (χ1n) is 11.3. The molecule has 3 N–H and O–H groups in total. The molecular weight excluding hydrogens is 498 g/mol. The number of nitrogens with zero attached hydrogens (tertiary/aromatic N) is 2. The topological polar surface area (TPSA) is 154 Å². The van der Waals surface area contributed by atoms with E-state index in [9.17, 15) is 31.9 Å². The predicted octanol–water partition coefficient (Wildman–Crippen LogP) is 0.152. The van der Waals surface area contributed by atoms with Gasteiger partial charge >= 0.3 is 0 Å². The van der Waals surface area contributed by atoms with E-state index in [1.54, 1.807) is 12.4 Å². The van der Waals surface area contributed by atoms with Crippen molar-refractivity contribution in [3.8, 4) is 17.6 Å². The van der Waals surface area contributed by atoms with Gasteiger partial charge in [-0.25, -0.2) is 13.9 Å². The summed E-state index contributed by atoms with van der Waals surface area (Å²) in [4.78, 5) is 12.6. The number of carbonyl (C=O) groups is 1. The molecule has 0 saturated carbocycles. The maximum Gasteiger partial charge on any atom is 0.282 e. The summed E-state index contributed by atoms with van der Waals surface area (Å²) < 4.78 is 60.4. The summed E-state index contributed by atoms with van der Waals surface area (Å²) in [6.07, 6.45) is 1.02. The van der Waals surface area contributed by atoms with E-state index in [1.165, 1.54) is 32.9 Å². The molecule has 0 aromatic heterocycles. The van der Waals surface area contributed by atoms with Gasteiger partial charge in [-0.15, -0.1) is 5.92 Å². The van der Waals surface area contributed by atoms with E-state index in [1.807, 2.05) is 0 Å². The first-order valence-corrected chi connectivity index (χ1v) is 14.3. The normalized spacial score (nSPS) is 21.2. The van der Waals surface area contributed by atoms with Crippen molar-refractivity contribution in [3.05, 3.63) is 24.3 Å². The summed E-state index contributed by atoms with van der Waals surface area (Å²) in [6, 6.07) is 5.24. The number of hydrogen-bond donors (Lipinski definition) is 3. The SMILES string of the molecule is CC#CCOc1ccc(S(=O)(=O)CC2(C(=O)NO)CCN(S(=O)(=O)N3CCC[C@@H]3CO)CC2)cc1. The van der Waals surface area contributed by atoms with Crippen LogP contribution >= 0.6 is 0 Å². The van der Waals surface area contributed by atoms with Crippen LogP contribution in [0.25, 0.3) is 0 Å². The molecule has 2 saturated heterocycles. The van der Waals surface area contributed by atoms with Crippen LogP contribution < -0.4 is 10.2 Å². The van der Waals surface area contributed by atoms with Crippen molar-refractivity contribution in [2.45, 2.75) is 43.5 Å². The standard InChI is InChI=1S/C22H31N3O8S2/c1-2-3-15-33-19-6-8-20(9-7-19)34(29,30)17-22(21(27)23-28)10-13-24(14-11-22)35(31,32)25-12-4-5-18(25)16-26/h6-9,18,26,28H,4-5,10-17H2,1H3,(H,23,27)/t18-/m1/s1. The third-order valence-electron chi connectivity index (χ3n) is 6.56. The summed E-state index contributed by atoms with van der Waals surface area (Å²) >= 11 is 0. The number of piperidine rings is 1. The summed E-state index contributed by atoms with van der Waals surface area (Å²) in [5, 5.41) is 18.8. The summed E-state index contributed by atoms with van der Waals surface area (Å²) in [5.74, 6) is 4.40. The van der Waals surface area contributed by atoms with Crippen LogP contribution in [-0.4, -0.2) is 86.3 Å². The number of ether oxygens (including phenoxy) is 1. The van der Waals surface area contributed by atoms with Gasteiger partial charge in [0.25, 0.3) is 16.1 Å². The molecule has 0 aliphatic carbocycles. The van der Waals surface area contributed by atoms with Gasteiger partial charge in [-0.3, -0.25) is 10.0 Å². The number of rotatable bonds is 9. The Bertz CT molecular complexity index is 1170. The Kier molecular flexibility index (Phi) is 8.79. The predicted molar refractivity (Wildman–Crippen MR) is 126 cm³/mol. The molecule has 1 aromatic rings. The highest BCUT2D eigenvalue weighted by Crippen LogP contribution is 2.37. The second-order valence-electron chi connectivity index (χ2n) is 8.66. The van der Waals surface area contributed by atoms with Crippen LogP contribution in [0.5, 0.6) is 5.75 Å². The average molecular weight is 530 g/mol. The Balaban J connectivity index is 1.76. The average Bonchev–Trinajstić information content (AvgIpc) is 3.34. The van der Waals surface area contributed by atoms with E-state index in [2.05, 4.69) is 11.8 Å². The van der Waals surface area contributed by atoms with Crippen molar-refractivity contribution in [1.82, 2.24) is 14.1 Å². The van der Waals surface area contributed by atoms with Gasteiger partial charge in [-0.1, -0.05) is 5.92 Å². The van der Waals surface area contributed by atoms with Crippen molar-refractivity contribution in [3.63, 3.8) is 0 Å². The molecular formula is C22H31N3O8S2. The first kappa shape index (κ1) is 27.4. The van der Waals surface area contributed by atoms with Crippen molar-refractivity contribution in [2.75, 3.05) is 38.6 Å². The minimum absolute atomic E-state index is 0.0190. The highest BCUT2D eigenvalue weighted by molar-refractivity contribution is 7.91. The van der Waals surface area contributed by atoms with Gasteiger partial charge in [0, 0.05) is 25.7 Å². The number of amides is 1. The van der Waals surface area contributed by atoms with Crippen LogP contribution in [0.2, 0.25) is 0 Å². The minimum atomic E-state index is -3.96. The number of hydrogen-bond acceptors (Lipinski definition) is 8. The van der Waals surface area contributed by atoms with Crippen molar-refractivity contribution >= 4 is 26.0 Å². The lowest BCUT2D eigenvalue weighted by Crippen LogP contribution is -2.55. The zero-order chi connectivity index (χ0) is 25.7. The number of carbonyl (C=O) groups excluding carboxylic acids is 1. The van der Waals surface area contributed by atoms with E-state index >= 15 is 0 Å². The van der Waals surface area contributed by atoms with E-state index in [0.29, 0.717) is 25.1 Å². The molecule has 0 bridgehead atoms. The second kappa shape index (κ2) is 11.2. The van der Waals surface area contributed by atoms with Crippen LogP contribution in [0.3, 0.4) is 0 Å².